The third kappa shape index (κ3) is 4.47. The molecule has 1 fully saturated rings. The number of rotatable bonds is 6. The predicted octanol–water partition coefficient (Wildman–Crippen LogP) is 3.36. The van der Waals surface area contributed by atoms with Crippen molar-refractivity contribution in [3.8, 4) is 5.88 Å². The van der Waals surface area contributed by atoms with Crippen molar-refractivity contribution in [2.45, 2.75) is 26.7 Å². The third-order valence-electron chi connectivity index (χ3n) is 4.00. The van der Waals surface area contributed by atoms with Gasteiger partial charge in [-0.3, -0.25) is 4.79 Å². The summed E-state index contributed by atoms with van der Waals surface area (Å²) in [4.78, 5) is 23.4. The highest BCUT2D eigenvalue weighted by Crippen LogP contribution is 2.26. The predicted molar refractivity (Wildman–Crippen MR) is 98.2 cm³/mol. The van der Waals surface area contributed by atoms with Crippen molar-refractivity contribution in [2.24, 2.45) is 5.92 Å². The maximum Gasteiger partial charge on any atom is 0.257 e. The summed E-state index contributed by atoms with van der Waals surface area (Å²) in [5.74, 6) is 1.60. The first-order valence-electron chi connectivity index (χ1n) is 8.73. The largest absolute Gasteiger partial charge is 0.477 e. The second-order valence-electron chi connectivity index (χ2n) is 6.61. The highest BCUT2D eigenvalue weighted by molar-refractivity contribution is 6.05. The molecule has 6 heteroatoms. The number of nitrogens with one attached hydrogen (secondary N) is 1. The summed E-state index contributed by atoms with van der Waals surface area (Å²) in [6.45, 7) is 6.71. The summed E-state index contributed by atoms with van der Waals surface area (Å²) >= 11 is 0. The Morgan fingerprint density at radius 1 is 1.24 bits per heavy atom. The van der Waals surface area contributed by atoms with Crippen molar-refractivity contribution >= 4 is 17.4 Å². The monoisotopic (exact) mass is 340 g/mol. The molecule has 0 aliphatic carbocycles. The highest BCUT2D eigenvalue weighted by Gasteiger charge is 2.18. The van der Waals surface area contributed by atoms with Crippen LogP contribution in [0.1, 0.15) is 37.0 Å². The van der Waals surface area contributed by atoms with Crippen LogP contribution in [-0.4, -0.2) is 35.6 Å². The number of anilines is 2. The molecule has 3 rings (SSSR count). The second kappa shape index (κ2) is 7.96. The van der Waals surface area contributed by atoms with Crippen LogP contribution in [-0.2, 0) is 0 Å². The summed E-state index contributed by atoms with van der Waals surface area (Å²) in [6, 6.07) is 7.16. The molecule has 2 aromatic heterocycles. The van der Waals surface area contributed by atoms with Crippen LogP contribution < -0.4 is 15.0 Å². The maximum absolute atomic E-state index is 12.5. The molecule has 0 aromatic carbocycles. The number of carbonyl (C=O) groups excluding carboxylic acids is 1. The van der Waals surface area contributed by atoms with Crippen molar-refractivity contribution in [3.05, 3.63) is 42.2 Å². The fraction of sp³-hybridized carbons (Fsp3) is 0.421. The molecule has 0 unspecified atom stereocenters. The van der Waals surface area contributed by atoms with Gasteiger partial charge in [0.1, 0.15) is 0 Å². The summed E-state index contributed by atoms with van der Waals surface area (Å²) < 4.78 is 5.55. The first-order valence-corrected chi connectivity index (χ1v) is 8.73. The molecular weight excluding hydrogens is 316 g/mol. The van der Waals surface area contributed by atoms with E-state index in [2.05, 4.69) is 34.0 Å². The van der Waals surface area contributed by atoms with Crippen molar-refractivity contribution in [1.82, 2.24) is 9.97 Å². The Hall–Kier alpha value is -2.63. The molecule has 0 spiro atoms. The summed E-state index contributed by atoms with van der Waals surface area (Å²) in [6.07, 6.45) is 5.61. The Labute approximate surface area is 148 Å². The van der Waals surface area contributed by atoms with Crippen LogP contribution in [0.25, 0.3) is 0 Å². The van der Waals surface area contributed by atoms with Gasteiger partial charge in [0.25, 0.3) is 5.91 Å². The maximum atomic E-state index is 12.5. The molecule has 1 amide bonds. The third-order valence-corrected chi connectivity index (χ3v) is 4.00. The van der Waals surface area contributed by atoms with Crippen LogP contribution in [0.5, 0.6) is 5.88 Å². The van der Waals surface area contributed by atoms with E-state index >= 15 is 0 Å². The number of pyridine rings is 2. The van der Waals surface area contributed by atoms with Crippen LogP contribution in [0.15, 0.2) is 36.7 Å². The number of hydrogen-bond donors (Lipinski definition) is 1. The minimum absolute atomic E-state index is 0.198. The Morgan fingerprint density at radius 3 is 2.72 bits per heavy atom. The summed E-state index contributed by atoms with van der Waals surface area (Å²) in [7, 11) is 0. The fourth-order valence-corrected chi connectivity index (χ4v) is 2.72. The number of nitrogens with zero attached hydrogens (tertiary/aromatic N) is 3. The number of hydrogen-bond acceptors (Lipinski definition) is 5. The van der Waals surface area contributed by atoms with E-state index in [0.29, 0.717) is 24.0 Å². The van der Waals surface area contributed by atoms with Crippen LogP contribution in [0.2, 0.25) is 0 Å². The highest BCUT2D eigenvalue weighted by atomic mass is 16.5. The zero-order valence-electron chi connectivity index (χ0n) is 14.7. The number of carbonyl (C=O) groups is 1. The lowest BCUT2D eigenvalue weighted by molar-refractivity contribution is 0.102. The minimum atomic E-state index is -0.198. The van der Waals surface area contributed by atoms with E-state index < -0.39 is 0 Å². The Balaban J connectivity index is 1.68. The lowest BCUT2D eigenvalue weighted by Gasteiger charge is -2.19. The van der Waals surface area contributed by atoms with E-state index in [1.807, 2.05) is 12.1 Å². The molecule has 3 heterocycles. The molecule has 0 atom stereocenters. The molecule has 1 aliphatic heterocycles. The molecule has 6 nitrogen and oxygen atoms in total. The number of aromatic nitrogens is 2. The average Bonchev–Trinajstić information content (AvgIpc) is 3.15. The SMILES string of the molecule is CC(C)COc1ccc(C(=O)Nc2cccnc2N2CCCC2)cn1. The van der Waals surface area contributed by atoms with Gasteiger partial charge in [-0.25, -0.2) is 9.97 Å². The lowest BCUT2D eigenvalue weighted by Crippen LogP contribution is -2.22. The van der Waals surface area contributed by atoms with E-state index in [9.17, 15) is 4.79 Å². The van der Waals surface area contributed by atoms with Gasteiger partial charge >= 0.3 is 0 Å². The van der Waals surface area contributed by atoms with Gasteiger partial charge in [0.2, 0.25) is 5.88 Å². The second-order valence-corrected chi connectivity index (χ2v) is 6.61. The van der Waals surface area contributed by atoms with Crippen LogP contribution in [0, 0.1) is 5.92 Å². The van der Waals surface area contributed by atoms with E-state index in [4.69, 9.17) is 4.74 Å². The normalized spacial score (nSPS) is 14.0. The molecule has 1 N–H and O–H groups in total. The number of amides is 1. The van der Waals surface area contributed by atoms with Crippen LogP contribution >= 0.6 is 0 Å². The molecule has 132 valence electrons. The zero-order chi connectivity index (χ0) is 17.6. The molecule has 1 saturated heterocycles. The molecule has 25 heavy (non-hydrogen) atoms. The Kier molecular flexibility index (Phi) is 5.48. The Bertz CT molecular complexity index is 710. The van der Waals surface area contributed by atoms with E-state index in [0.717, 1.165) is 37.4 Å². The molecule has 0 saturated carbocycles. The fourth-order valence-electron chi connectivity index (χ4n) is 2.72. The topological polar surface area (TPSA) is 67.3 Å². The van der Waals surface area contributed by atoms with Crippen molar-refractivity contribution < 1.29 is 9.53 Å². The quantitative estimate of drug-likeness (QED) is 0.873. The van der Waals surface area contributed by atoms with Gasteiger partial charge in [-0.1, -0.05) is 13.8 Å². The van der Waals surface area contributed by atoms with Gasteiger partial charge < -0.3 is 15.0 Å². The molecule has 0 radical (unpaired) electrons. The minimum Gasteiger partial charge on any atom is -0.477 e. The smallest absolute Gasteiger partial charge is 0.257 e. The van der Waals surface area contributed by atoms with Gasteiger partial charge in [-0.05, 0) is 37.0 Å². The van der Waals surface area contributed by atoms with Crippen molar-refractivity contribution in [1.29, 1.82) is 0 Å². The van der Waals surface area contributed by atoms with Crippen LogP contribution in [0.3, 0.4) is 0 Å². The van der Waals surface area contributed by atoms with Gasteiger partial charge in [0.15, 0.2) is 5.82 Å². The van der Waals surface area contributed by atoms with E-state index in [1.165, 1.54) is 6.20 Å². The van der Waals surface area contributed by atoms with E-state index in [1.54, 1.807) is 18.3 Å². The average molecular weight is 340 g/mol. The first-order chi connectivity index (χ1) is 12.1. The standard InChI is InChI=1S/C19H24N4O2/c1-14(2)13-25-17-8-7-15(12-21-17)19(24)22-16-6-5-9-20-18(16)23-10-3-4-11-23/h5-9,12,14H,3-4,10-11,13H2,1-2H3,(H,22,24). The number of ether oxygens (including phenoxy) is 1. The molecule has 2 aromatic rings. The van der Waals surface area contributed by atoms with Gasteiger partial charge in [-0.2, -0.15) is 0 Å². The van der Waals surface area contributed by atoms with Crippen molar-refractivity contribution in [2.75, 3.05) is 29.9 Å². The summed E-state index contributed by atoms with van der Waals surface area (Å²) in [5.41, 5.74) is 1.22. The molecule has 1 aliphatic rings. The van der Waals surface area contributed by atoms with Crippen LogP contribution in [0.4, 0.5) is 11.5 Å². The zero-order valence-corrected chi connectivity index (χ0v) is 14.7. The first kappa shape index (κ1) is 17.2. The molecule has 0 bridgehead atoms. The lowest BCUT2D eigenvalue weighted by atomic mass is 10.2. The van der Waals surface area contributed by atoms with E-state index in [-0.39, 0.29) is 5.91 Å². The van der Waals surface area contributed by atoms with Gasteiger partial charge in [-0.15, -0.1) is 0 Å². The summed E-state index contributed by atoms with van der Waals surface area (Å²) in [5, 5.41) is 2.95. The van der Waals surface area contributed by atoms with Crippen molar-refractivity contribution in [3.63, 3.8) is 0 Å². The Morgan fingerprint density at radius 2 is 2.04 bits per heavy atom. The van der Waals surface area contributed by atoms with Gasteiger partial charge in [0.05, 0.1) is 17.9 Å². The molecular formula is C19H24N4O2. The van der Waals surface area contributed by atoms with Gasteiger partial charge in [0, 0.05) is 31.5 Å².